The van der Waals surface area contributed by atoms with Gasteiger partial charge in [0.1, 0.15) is 0 Å². The van der Waals surface area contributed by atoms with Gasteiger partial charge in [-0.3, -0.25) is 4.79 Å². The maximum atomic E-state index is 12.1. The van der Waals surface area contributed by atoms with E-state index in [-0.39, 0.29) is 11.9 Å². The minimum absolute atomic E-state index is 0.0594. The molecule has 0 saturated heterocycles. The Labute approximate surface area is 133 Å². The van der Waals surface area contributed by atoms with E-state index < -0.39 is 0 Å². The molecule has 2 aromatic carbocycles. The lowest BCUT2D eigenvalue weighted by Crippen LogP contribution is -2.27. The fraction of sp³-hybridized carbons (Fsp3) is 0.350. The van der Waals surface area contributed by atoms with Crippen molar-refractivity contribution in [1.29, 1.82) is 0 Å². The fourth-order valence-electron chi connectivity index (χ4n) is 2.72. The molecular weight excluding hydrogens is 270 g/mol. The van der Waals surface area contributed by atoms with Gasteiger partial charge < -0.3 is 5.32 Å². The average Bonchev–Trinajstić information content (AvgIpc) is 2.50. The van der Waals surface area contributed by atoms with Crippen LogP contribution in [0.1, 0.15) is 48.1 Å². The number of rotatable bonds is 6. The number of hydrogen-bond donors (Lipinski definition) is 1. The molecule has 0 fully saturated rings. The number of aryl methyl sites for hydroxylation is 3. The molecule has 1 amide bonds. The van der Waals surface area contributed by atoms with E-state index in [1.165, 1.54) is 22.3 Å². The topological polar surface area (TPSA) is 29.1 Å². The third-order valence-electron chi connectivity index (χ3n) is 3.99. The molecule has 2 aromatic rings. The Bertz CT molecular complexity index is 619. The first kappa shape index (κ1) is 16.3. The van der Waals surface area contributed by atoms with E-state index in [9.17, 15) is 4.79 Å². The predicted molar refractivity (Wildman–Crippen MR) is 91.9 cm³/mol. The van der Waals surface area contributed by atoms with Gasteiger partial charge in [0.25, 0.3) is 0 Å². The van der Waals surface area contributed by atoms with Crippen LogP contribution in [0, 0.1) is 13.8 Å². The second-order valence-corrected chi connectivity index (χ2v) is 5.99. The van der Waals surface area contributed by atoms with Crippen LogP contribution < -0.4 is 5.32 Å². The lowest BCUT2D eigenvalue weighted by Gasteiger charge is -2.17. The van der Waals surface area contributed by atoms with Gasteiger partial charge in [-0.2, -0.15) is 0 Å². The van der Waals surface area contributed by atoms with Crippen molar-refractivity contribution in [2.45, 2.75) is 46.1 Å². The second kappa shape index (κ2) is 7.79. The van der Waals surface area contributed by atoms with Crippen LogP contribution in [-0.2, 0) is 11.2 Å². The zero-order chi connectivity index (χ0) is 15.9. The van der Waals surface area contributed by atoms with Crippen LogP contribution in [0.3, 0.4) is 0 Å². The van der Waals surface area contributed by atoms with Crippen molar-refractivity contribution in [1.82, 2.24) is 5.32 Å². The summed E-state index contributed by atoms with van der Waals surface area (Å²) >= 11 is 0. The molecule has 2 nitrogen and oxygen atoms in total. The Morgan fingerprint density at radius 1 is 1.09 bits per heavy atom. The van der Waals surface area contributed by atoms with Gasteiger partial charge in [-0.1, -0.05) is 54.1 Å². The zero-order valence-electron chi connectivity index (χ0n) is 13.7. The first-order valence-corrected chi connectivity index (χ1v) is 7.96. The maximum absolute atomic E-state index is 12.1. The summed E-state index contributed by atoms with van der Waals surface area (Å²) < 4.78 is 0. The minimum atomic E-state index is 0.0594. The normalized spacial score (nSPS) is 12.0. The standard InChI is InChI=1S/C20H25NO/c1-15-12-13-16(2)19(14-15)17(3)21-20(22)11-7-10-18-8-5-4-6-9-18/h4-6,8-9,12-14,17H,7,10-11H2,1-3H3,(H,21,22)/t17-/m1/s1. The number of carbonyl (C=O) groups excluding carboxylic acids is 1. The Morgan fingerprint density at radius 3 is 2.55 bits per heavy atom. The molecule has 0 aromatic heterocycles. The smallest absolute Gasteiger partial charge is 0.220 e. The Kier molecular flexibility index (Phi) is 5.76. The van der Waals surface area contributed by atoms with Crippen LogP contribution in [0.4, 0.5) is 0 Å². The van der Waals surface area contributed by atoms with Crippen LogP contribution in [0.15, 0.2) is 48.5 Å². The fourth-order valence-corrected chi connectivity index (χ4v) is 2.72. The Hall–Kier alpha value is -2.09. The van der Waals surface area contributed by atoms with Gasteiger partial charge in [0.05, 0.1) is 6.04 Å². The van der Waals surface area contributed by atoms with Gasteiger partial charge in [-0.15, -0.1) is 0 Å². The Balaban J connectivity index is 1.82. The van der Waals surface area contributed by atoms with Gasteiger partial charge in [-0.25, -0.2) is 0 Å². The molecule has 2 rings (SSSR count). The third kappa shape index (κ3) is 4.73. The third-order valence-corrected chi connectivity index (χ3v) is 3.99. The van der Waals surface area contributed by atoms with Crippen molar-refractivity contribution >= 4 is 5.91 Å². The summed E-state index contributed by atoms with van der Waals surface area (Å²) in [4.78, 5) is 12.1. The van der Waals surface area contributed by atoms with Gasteiger partial charge in [0.2, 0.25) is 5.91 Å². The number of amides is 1. The lowest BCUT2D eigenvalue weighted by molar-refractivity contribution is -0.121. The summed E-state index contributed by atoms with van der Waals surface area (Å²) in [5.41, 5.74) is 4.95. The molecule has 0 unspecified atom stereocenters. The van der Waals surface area contributed by atoms with E-state index in [2.05, 4.69) is 56.4 Å². The van der Waals surface area contributed by atoms with E-state index in [1.807, 2.05) is 18.2 Å². The highest BCUT2D eigenvalue weighted by Gasteiger charge is 2.11. The SMILES string of the molecule is Cc1ccc(C)c([C@@H](C)NC(=O)CCCc2ccccc2)c1. The zero-order valence-corrected chi connectivity index (χ0v) is 13.7. The molecule has 0 bridgehead atoms. The first-order chi connectivity index (χ1) is 10.6. The van der Waals surface area contributed by atoms with Crippen molar-refractivity contribution in [2.24, 2.45) is 0 Å². The molecule has 2 heteroatoms. The molecule has 0 aliphatic rings. The molecule has 22 heavy (non-hydrogen) atoms. The van der Waals surface area contributed by atoms with Gasteiger partial charge >= 0.3 is 0 Å². The summed E-state index contributed by atoms with van der Waals surface area (Å²) in [5, 5.41) is 3.11. The van der Waals surface area contributed by atoms with Crippen molar-refractivity contribution in [2.75, 3.05) is 0 Å². The molecular formula is C20H25NO. The van der Waals surface area contributed by atoms with Crippen molar-refractivity contribution in [3.8, 4) is 0 Å². The van der Waals surface area contributed by atoms with Crippen LogP contribution >= 0.6 is 0 Å². The van der Waals surface area contributed by atoms with E-state index in [4.69, 9.17) is 0 Å². The molecule has 0 aliphatic carbocycles. The molecule has 0 spiro atoms. The van der Waals surface area contributed by atoms with Gasteiger partial charge in [-0.05, 0) is 50.3 Å². The van der Waals surface area contributed by atoms with E-state index in [0.717, 1.165) is 12.8 Å². The number of carbonyl (C=O) groups is 1. The second-order valence-electron chi connectivity index (χ2n) is 5.99. The minimum Gasteiger partial charge on any atom is -0.350 e. The summed E-state index contributed by atoms with van der Waals surface area (Å²) in [5.74, 6) is 0.129. The number of benzene rings is 2. The molecule has 0 heterocycles. The van der Waals surface area contributed by atoms with Crippen LogP contribution in [0.2, 0.25) is 0 Å². The van der Waals surface area contributed by atoms with Crippen LogP contribution in [0.5, 0.6) is 0 Å². The molecule has 0 aliphatic heterocycles. The largest absolute Gasteiger partial charge is 0.350 e. The molecule has 1 N–H and O–H groups in total. The molecule has 0 radical (unpaired) electrons. The highest BCUT2D eigenvalue weighted by Crippen LogP contribution is 2.19. The summed E-state index contributed by atoms with van der Waals surface area (Å²) in [6.07, 6.45) is 2.41. The number of nitrogens with one attached hydrogen (secondary N) is 1. The summed E-state index contributed by atoms with van der Waals surface area (Å²) in [6.45, 7) is 6.22. The Morgan fingerprint density at radius 2 is 1.82 bits per heavy atom. The van der Waals surface area contributed by atoms with E-state index >= 15 is 0 Å². The number of hydrogen-bond acceptors (Lipinski definition) is 1. The van der Waals surface area contributed by atoms with Gasteiger partial charge in [0.15, 0.2) is 0 Å². The van der Waals surface area contributed by atoms with E-state index in [1.54, 1.807) is 0 Å². The van der Waals surface area contributed by atoms with Crippen molar-refractivity contribution < 1.29 is 4.79 Å². The first-order valence-electron chi connectivity index (χ1n) is 7.96. The van der Waals surface area contributed by atoms with Crippen molar-refractivity contribution in [3.05, 3.63) is 70.8 Å². The maximum Gasteiger partial charge on any atom is 0.220 e. The van der Waals surface area contributed by atoms with Gasteiger partial charge in [0, 0.05) is 6.42 Å². The molecule has 116 valence electrons. The predicted octanol–water partition coefficient (Wildman–Crippen LogP) is 4.50. The average molecular weight is 295 g/mol. The quantitative estimate of drug-likeness (QED) is 0.835. The van der Waals surface area contributed by atoms with Crippen LogP contribution in [0.25, 0.3) is 0 Å². The lowest BCUT2D eigenvalue weighted by atomic mass is 10.00. The monoisotopic (exact) mass is 295 g/mol. The van der Waals surface area contributed by atoms with E-state index in [0.29, 0.717) is 6.42 Å². The summed E-state index contributed by atoms with van der Waals surface area (Å²) in [7, 11) is 0. The highest BCUT2D eigenvalue weighted by atomic mass is 16.1. The molecule has 1 atom stereocenters. The molecule has 0 saturated carbocycles. The highest BCUT2D eigenvalue weighted by molar-refractivity contribution is 5.76. The van der Waals surface area contributed by atoms with Crippen molar-refractivity contribution in [3.63, 3.8) is 0 Å². The summed E-state index contributed by atoms with van der Waals surface area (Å²) in [6, 6.07) is 16.7. The van der Waals surface area contributed by atoms with Crippen LogP contribution in [-0.4, -0.2) is 5.91 Å².